The second-order valence-corrected chi connectivity index (χ2v) is 7.17. The fraction of sp³-hybridized carbons (Fsp3) is 0.650. The Hall–Kier alpha value is -0.890. The minimum atomic E-state index is -0.180. The predicted octanol–water partition coefficient (Wildman–Crippen LogP) is 4.14. The maximum Gasteiger partial charge on any atom is 0.191 e. The van der Waals surface area contributed by atoms with E-state index in [2.05, 4.69) is 15.6 Å². The first-order valence-electron chi connectivity index (χ1n) is 9.47. The Kier molecular flexibility index (Phi) is 10.5. The SMILES string of the molecule is CCNC(=NCc1ccc(F)c(C)c1)NCC1(CCO)CCCCC1.I. The molecule has 1 fully saturated rings. The number of aliphatic hydroxyl groups excluding tert-OH is 1. The maximum absolute atomic E-state index is 13.4. The molecule has 0 amide bonds. The van der Waals surface area contributed by atoms with Gasteiger partial charge in [0, 0.05) is 19.7 Å². The number of aliphatic hydroxyl groups is 1. The van der Waals surface area contributed by atoms with E-state index in [0.29, 0.717) is 12.1 Å². The molecule has 1 aliphatic carbocycles. The lowest BCUT2D eigenvalue weighted by Gasteiger charge is -2.37. The molecule has 26 heavy (non-hydrogen) atoms. The molecule has 0 atom stereocenters. The Morgan fingerprint density at radius 1 is 1.23 bits per heavy atom. The highest BCUT2D eigenvalue weighted by Gasteiger charge is 2.31. The zero-order valence-corrected chi connectivity index (χ0v) is 18.3. The van der Waals surface area contributed by atoms with Crippen LogP contribution < -0.4 is 10.6 Å². The van der Waals surface area contributed by atoms with Crippen molar-refractivity contribution >= 4 is 29.9 Å². The number of halogens is 2. The van der Waals surface area contributed by atoms with Gasteiger partial charge in [-0.3, -0.25) is 0 Å². The second kappa shape index (κ2) is 11.7. The van der Waals surface area contributed by atoms with E-state index >= 15 is 0 Å². The summed E-state index contributed by atoms with van der Waals surface area (Å²) in [5.74, 6) is 0.605. The molecule has 0 unspecified atom stereocenters. The van der Waals surface area contributed by atoms with Crippen molar-refractivity contribution < 1.29 is 9.50 Å². The van der Waals surface area contributed by atoms with E-state index in [-0.39, 0.29) is 41.8 Å². The van der Waals surface area contributed by atoms with Crippen LogP contribution in [-0.2, 0) is 6.54 Å². The van der Waals surface area contributed by atoms with Gasteiger partial charge in [-0.05, 0) is 55.7 Å². The Morgan fingerprint density at radius 3 is 2.58 bits per heavy atom. The van der Waals surface area contributed by atoms with Gasteiger partial charge in [-0.25, -0.2) is 9.38 Å². The van der Waals surface area contributed by atoms with Gasteiger partial charge in [0.05, 0.1) is 6.54 Å². The van der Waals surface area contributed by atoms with Gasteiger partial charge in [0.2, 0.25) is 0 Å². The van der Waals surface area contributed by atoms with E-state index in [0.717, 1.165) is 43.9 Å². The minimum Gasteiger partial charge on any atom is -0.396 e. The Balaban J connectivity index is 0.00000338. The molecule has 3 N–H and O–H groups in total. The molecule has 0 spiro atoms. The summed E-state index contributed by atoms with van der Waals surface area (Å²) < 4.78 is 13.4. The second-order valence-electron chi connectivity index (χ2n) is 7.17. The first-order valence-corrected chi connectivity index (χ1v) is 9.47. The van der Waals surface area contributed by atoms with E-state index in [1.807, 2.05) is 13.0 Å². The van der Waals surface area contributed by atoms with Gasteiger partial charge in [-0.15, -0.1) is 24.0 Å². The van der Waals surface area contributed by atoms with Crippen LogP contribution in [0.25, 0.3) is 0 Å². The van der Waals surface area contributed by atoms with Gasteiger partial charge in [-0.1, -0.05) is 31.4 Å². The van der Waals surface area contributed by atoms with Crippen LogP contribution in [0, 0.1) is 18.2 Å². The normalized spacial score (nSPS) is 16.7. The lowest BCUT2D eigenvalue weighted by molar-refractivity contribution is 0.131. The van der Waals surface area contributed by atoms with E-state index in [9.17, 15) is 9.50 Å². The van der Waals surface area contributed by atoms with Crippen molar-refractivity contribution in [1.29, 1.82) is 0 Å². The summed E-state index contributed by atoms with van der Waals surface area (Å²) >= 11 is 0. The monoisotopic (exact) mass is 477 g/mol. The van der Waals surface area contributed by atoms with Crippen molar-refractivity contribution in [2.75, 3.05) is 19.7 Å². The van der Waals surface area contributed by atoms with E-state index < -0.39 is 0 Å². The first-order chi connectivity index (χ1) is 12.1. The molecule has 148 valence electrons. The van der Waals surface area contributed by atoms with Gasteiger partial charge in [0.15, 0.2) is 5.96 Å². The van der Waals surface area contributed by atoms with Crippen LogP contribution >= 0.6 is 24.0 Å². The molecule has 2 rings (SSSR count). The highest BCUT2D eigenvalue weighted by atomic mass is 127. The zero-order valence-electron chi connectivity index (χ0n) is 16.0. The van der Waals surface area contributed by atoms with Gasteiger partial charge in [0.25, 0.3) is 0 Å². The van der Waals surface area contributed by atoms with Gasteiger partial charge < -0.3 is 15.7 Å². The molecule has 0 bridgehead atoms. The molecule has 0 aliphatic heterocycles. The van der Waals surface area contributed by atoms with Crippen LogP contribution in [0.3, 0.4) is 0 Å². The van der Waals surface area contributed by atoms with Crippen molar-refractivity contribution in [3.05, 3.63) is 35.1 Å². The van der Waals surface area contributed by atoms with Crippen LogP contribution in [0.15, 0.2) is 23.2 Å². The third-order valence-electron chi connectivity index (χ3n) is 5.17. The van der Waals surface area contributed by atoms with Gasteiger partial charge >= 0.3 is 0 Å². The minimum absolute atomic E-state index is 0. The predicted molar refractivity (Wildman–Crippen MR) is 117 cm³/mol. The number of nitrogens with one attached hydrogen (secondary N) is 2. The summed E-state index contributed by atoms with van der Waals surface area (Å²) in [5.41, 5.74) is 1.82. The Bertz CT molecular complexity index is 569. The molecule has 1 aliphatic rings. The molecular formula is C20H33FIN3O. The molecule has 4 nitrogen and oxygen atoms in total. The van der Waals surface area contributed by atoms with Gasteiger partial charge in [0.1, 0.15) is 5.82 Å². The van der Waals surface area contributed by atoms with Crippen LogP contribution in [-0.4, -0.2) is 30.8 Å². The van der Waals surface area contributed by atoms with Crippen molar-refractivity contribution in [1.82, 2.24) is 10.6 Å². The average Bonchev–Trinajstić information content (AvgIpc) is 2.61. The fourth-order valence-corrected chi connectivity index (χ4v) is 3.64. The lowest BCUT2D eigenvalue weighted by atomic mass is 9.72. The van der Waals surface area contributed by atoms with Crippen molar-refractivity contribution in [2.45, 2.75) is 58.9 Å². The molecule has 1 saturated carbocycles. The first kappa shape index (κ1) is 23.1. The topological polar surface area (TPSA) is 56.7 Å². The molecule has 0 saturated heterocycles. The maximum atomic E-state index is 13.4. The smallest absolute Gasteiger partial charge is 0.191 e. The molecule has 0 radical (unpaired) electrons. The molecular weight excluding hydrogens is 444 g/mol. The summed E-state index contributed by atoms with van der Waals surface area (Å²) in [4.78, 5) is 4.64. The number of nitrogens with zero attached hydrogens (tertiary/aromatic N) is 1. The molecule has 1 aromatic rings. The van der Waals surface area contributed by atoms with Crippen molar-refractivity contribution in [3.63, 3.8) is 0 Å². The Morgan fingerprint density at radius 2 is 1.96 bits per heavy atom. The van der Waals surface area contributed by atoms with E-state index in [1.165, 1.54) is 25.3 Å². The summed E-state index contributed by atoms with van der Waals surface area (Å²) in [7, 11) is 0. The number of aliphatic imine (C=N–C) groups is 1. The number of rotatable bonds is 7. The number of hydrogen-bond donors (Lipinski definition) is 3. The van der Waals surface area contributed by atoms with Crippen LogP contribution in [0.2, 0.25) is 0 Å². The van der Waals surface area contributed by atoms with Crippen LogP contribution in [0.4, 0.5) is 4.39 Å². The summed E-state index contributed by atoms with van der Waals surface area (Å²) in [6, 6.07) is 5.12. The van der Waals surface area contributed by atoms with E-state index in [4.69, 9.17) is 0 Å². The fourth-order valence-electron chi connectivity index (χ4n) is 3.64. The van der Waals surface area contributed by atoms with Crippen LogP contribution in [0.1, 0.15) is 56.6 Å². The number of benzene rings is 1. The zero-order chi connectivity index (χ0) is 18.1. The number of aryl methyl sites for hydroxylation is 1. The lowest BCUT2D eigenvalue weighted by Crippen LogP contribution is -2.44. The van der Waals surface area contributed by atoms with E-state index in [1.54, 1.807) is 13.0 Å². The van der Waals surface area contributed by atoms with Crippen molar-refractivity contribution in [3.8, 4) is 0 Å². The van der Waals surface area contributed by atoms with Crippen LogP contribution in [0.5, 0.6) is 0 Å². The molecule has 1 aromatic carbocycles. The molecule has 0 heterocycles. The van der Waals surface area contributed by atoms with Crippen molar-refractivity contribution in [2.24, 2.45) is 10.4 Å². The highest BCUT2D eigenvalue weighted by molar-refractivity contribution is 14.0. The Labute approximate surface area is 174 Å². The van der Waals surface area contributed by atoms with Gasteiger partial charge in [-0.2, -0.15) is 0 Å². The quantitative estimate of drug-likeness (QED) is 0.315. The average molecular weight is 477 g/mol. The third-order valence-corrected chi connectivity index (χ3v) is 5.17. The largest absolute Gasteiger partial charge is 0.396 e. The standard InChI is InChI=1S/C20H32FN3O.HI/c1-3-22-19(23-14-17-7-8-18(21)16(2)13-17)24-15-20(11-12-25)9-5-4-6-10-20;/h7-8,13,25H,3-6,9-12,14-15H2,1-2H3,(H2,22,23,24);1H. The number of guanidine groups is 1. The summed E-state index contributed by atoms with van der Waals surface area (Å²) in [6.07, 6.45) is 6.95. The molecule has 6 heteroatoms. The highest BCUT2D eigenvalue weighted by Crippen LogP contribution is 2.38. The summed E-state index contributed by atoms with van der Waals surface area (Å²) in [5, 5.41) is 16.2. The summed E-state index contributed by atoms with van der Waals surface area (Å²) in [6.45, 7) is 6.20. The third kappa shape index (κ3) is 7.02. The number of hydrogen-bond acceptors (Lipinski definition) is 2. The molecule has 0 aromatic heterocycles.